The van der Waals surface area contributed by atoms with E-state index >= 15 is 0 Å². The number of nitrogens with two attached hydrogens (primary N) is 1. The molecule has 3 unspecified atom stereocenters. The van der Waals surface area contributed by atoms with E-state index in [2.05, 4.69) is 0 Å². The van der Waals surface area contributed by atoms with E-state index in [1.807, 2.05) is 13.8 Å². The van der Waals surface area contributed by atoms with Gasteiger partial charge in [-0.25, -0.2) is 17.9 Å². The molecule has 3 atom stereocenters. The van der Waals surface area contributed by atoms with Gasteiger partial charge in [0.15, 0.2) is 0 Å². The fourth-order valence-corrected chi connectivity index (χ4v) is 5.55. The highest BCUT2D eigenvalue weighted by Crippen LogP contribution is 2.65. The highest BCUT2D eigenvalue weighted by Gasteiger charge is 2.69. The number of rotatable bonds is 2. The number of primary amides is 1. The summed E-state index contributed by atoms with van der Waals surface area (Å²) in [6, 6.07) is -1.10. The summed E-state index contributed by atoms with van der Waals surface area (Å²) in [6.07, 6.45) is 0.823. The topological polar surface area (TPSA) is 106 Å². The van der Waals surface area contributed by atoms with Gasteiger partial charge in [-0.05, 0) is 17.8 Å². The zero-order chi connectivity index (χ0) is 13.9. The molecule has 2 saturated carbocycles. The minimum Gasteiger partial charge on any atom is -0.351 e. The number of hydrogen-bond acceptors (Lipinski definition) is 4. The van der Waals surface area contributed by atoms with Crippen molar-refractivity contribution in [1.29, 1.82) is 0 Å². The Bertz CT molecular complexity index is 525. The summed E-state index contributed by atoms with van der Waals surface area (Å²) >= 11 is 0. The highest BCUT2D eigenvalue weighted by atomic mass is 32.2. The Balaban J connectivity index is 2.45. The first-order valence-electron chi connectivity index (χ1n) is 5.88. The zero-order valence-electron chi connectivity index (χ0n) is 10.7. The van der Waals surface area contributed by atoms with Crippen molar-refractivity contribution in [2.75, 3.05) is 0 Å². The minimum atomic E-state index is -3.90. The summed E-state index contributed by atoms with van der Waals surface area (Å²) in [4.78, 5) is 22.9. The lowest BCUT2D eigenvalue weighted by molar-refractivity contribution is -0.128. The van der Waals surface area contributed by atoms with Crippen LogP contribution in [0.25, 0.3) is 0 Å². The Morgan fingerprint density at radius 2 is 1.94 bits per heavy atom. The number of Topliss-reactive ketones (excluding diaryl/α,β-unsaturated/α-hetero) is 1. The molecule has 0 aromatic carbocycles. The van der Waals surface area contributed by atoms with E-state index in [0.29, 0.717) is 12.8 Å². The highest BCUT2D eigenvalue weighted by molar-refractivity contribution is 7.90. The molecule has 2 aliphatic rings. The van der Waals surface area contributed by atoms with Crippen molar-refractivity contribution < 1.29 is 18.0 Å². The maximum atomic E-state index is 12.1. The third-order valence-corrected chi connectivity index (χ3v) is 7.03. The molecule has 18 heavy (non-hydrogen) atoms. The first kappa shape index (κ1) is 13.3. The molecule has 2 bridgehead atoms. The summed E-state index contributed by atoms with van der Waals surface area (Å²) in [6.45, 7) is 5.53. The lowest BCUT2D eigenvalue weighted by Crippen LogP contribution is -2.51. The number of sulfonamides is 1. The van der Waals surface area contributed by atoms with Crippen molar-refractivity contribution in [2.24, 2.45) is 22.5 Å². The number of hydrogen-bond donors (Lipinski definition) is 2. The first-order chi connectivity index (χ1) is 8.03. The van der Waals surface area contributed by atoms with Crippen molar-refractivity contribution in [3.63, 3.8) is 0 Å². The third kappa shape index (κ3) is 1.43. The summed E-state index contributed by atoms with van der Waals surface area (Å²) in [5.41, 5.74) is 3.56. The van der Waals surface area contributed by atoms with Crippen LogP contribution in [-0.4, -0.2) is 25.5 Å². The van der Waals surface area contributed by atoms with E-state index in [-0.39, 0.29) is 17.1 Å². The molecule has 3 N–H and O–H groups in total. The molecule has 0 aliphatic heterocycles. The van der Waals surface area contributed by atoms with Gasteiger partial charge in [0.2, 0.25) is 10.0 Å². The van der Waals surface area contributed by atoms with Gasteiger partial charge in [0, 0.05) is 6.42 Å². The Morgan fingerprint density at radius 1 is 1.39 bits per heavy atom. The Morgan fingerprint density at radius 3 is 2.33 bits per heavy atom. The number of amides is 2. The van der Waals surface area contributed by atoms with Gasteiger partial charge >= 0.3 is 6.03 Å². The predicted octanol–water partition coefficient (Wildman–Crippen LogP) is 0.378. The largest absolute Gasteiger partial charge is 0.351 e. The number of urea groups is 1. The molecule has 0 spiro atoms. The Kier molecular flexibility index (Phi) is 2.56. The lowest BCUT2D eigenvalue weighted by Gasteiger charge is -2.36. The van der Waals surface area contributed by atoms with E-state index in [1.165, 1.54) is 0 Å². The second-order valence-electron chi connectivity index (χ2n) is 5.98. The number of carbonyl (C=O) groups is 2. The molecule has 6 nitrogen and oxygen atoms in total. The quantitative estimate of drug-likeness (QED) is 0.759. The first-order valence-corrected chi connectivity index (χ1v) is 7.42. The van der Waals surface area contributed by atoms with Crippen LogP contribution in [-0.2, 0) is 14.8 Å². The summed E-state index contributed by atoms with van der Waals surface area (Å²) in [5.74, 6) is 0.00745. The predicted molar refractivity (Wildman–Crippen MR) is 65.0 cm³/mol. The van der Waals surface area contributed by atoms with Crippen LogP contribution in [0.5, 0.6) is 0 Å². The van der Waals surface area contributed by atoms with Crippen molar-refractivity contribution >= 4 is 21.8 Å². The van der Waals surface area contributed by atoms with Crippen molar-refractivity contribution in [1.82, 2.24) is 4.72 Å². The normalized spacial score (nSPS) is 37.8. The van der Waals surface area contributed by atoms with Crippen molar-refractivity contribution in [3.8, 4) is 0 Å². The molecular formula is C11H18N2O4S. The van der Waals surface area contributed by atoms with Crippen LogP contribution in [0.3, 0.4) is 0 Å². The molecule has 7 heteroatoms. The second-order valence-corrected chi connectivity index (χ2v) is 7.85. The molecule has 0 saturated heterocycles. The van der Waals surface area contributed by atoms with Crippen LogP contribution >= 0.6 is 0 Å². The van der Waals surface area contributed by atoms with E-state index in [4.69, 9.17) is 5.73 Å². The average Bonchev–Trinajstić information content (AvgIpc) is 2.46. The Labute approximate surface area is 106 Å². The maximum absolute atomic E-state index is 12.1. The second kappa shape index (κ2) is 3.46. The van der Waals surface area contributed by atoms with Crippen LogP contribution in [0.15, 0.2) is 0 Å². The summed E-state index contributed by atoms with van der Waals surface area (Å²) in [7, 11) is -3.90. The van der Waals surface area contributed by atoms with Gasteiger partial charge in [-0.2, -0.15) is 0 Å². The molecule has 2 rings (SSSR count). The smallest absolute Gasteiger partial charge is 0.325 e. The van der Waals surface area contributed by atoms with Gasteiger partial charge in [0.25, 0.3) is 0 Å². The van der Waals surface area contributed by atoms with Crippen molar-refractivity contribution in [3.05, 3.63) is 0 Å². The van der Waals surface area contributed by atoms with Gasteiger partial charge < -0.3 is 5.73 Å². The fourth-order valence-electron chi connectivity index (χ4n) is 3.59. The van der Waals surface area contributed by atoms with E-state index in [0.717, 1.165) is 0 Å². The molecule has 2 amide bonds. The number of carbonyl (C=O) groups excluding carboxylic acids is 2. The average molecular weight is 274 g/mol. The van der Waals surface area contributed by atoms with Crippen LogP contribution < -0.4 is 10.5 Å². The summed E-state index contributed by atoms with van der Waals surface area (Å²) in [5, 5.41) is -0.876. The van der Waals surface area contributed by atoms with E-state index in [1.54, 1.807) is 11.6 Å². The standard InChI is InChI=1S/C11H18N2O4S/c1-10(2)6-4-7(14)11(10,3)8(5-6)18(16,17)13-9(12)15/h6,8H,4-5H2,1-3H3,(H3,12,13,15). The van der Waals surface area contributed by atoms with Crippen LogP contribution in [0.4, 0.5) is 4.79 Å². The van der Waals surface area contributed by atoms with Gasteiger partial charge in [-0.1, -0.05) is 20.8 Å². The van der Waals surface area contributed by atoms with Gasteiger partial charge in [0.05, 0.1) is 10.7 Å². The van der Waals surface area contributed by atoms with E-state index < -0.39 is 26.7 Å². The molecule has 0 heterocycles. The molecule has 0 aromatic heterocycles. The third-order valence-electron chi connectivity index (χ3n) is 5.13. The molecule has 2 aliphatic carbocycles. The van der Waals surface area contributed by atoms with Crippen LogP contribution in [0, 0.1) is 16.7 Å². The number of nitrogens with one attached hydrogen (secondary N) is 1. The van der Waals surface area contributed by atoms with Gasteiger partial charge in [-0.15, -0.1) is 0 Å². The SMILES string of the molecule is CC1(C)C2CC(=O)C1(C)C(S(=O)(=O)NC(N)=O)C2. The minimum absolute atomic E-state index is 0.0383. The fraction of sp³-hybridized carbons (Fsp3) is 0.818. The van der Waals surface area contributed by atoms with Crippen LogP contribution in [0.2, 0.25) is 0 Å². The van der Waals surface area contributed by atoms with Crippen LogP contribution in [0.1, 0.15) is 33.6 Å². The Hall–Kier alpha value is -1.11. The van der Waals surface area contributed by atoms with E-state index in [9.17, 15) is 18.0 Å². The number of fused-ring (bicyclic) bond motifs is 2. The van der Waals surface area contributed by atoms with Gasteiger partial charge in [-0.3, -0.25) is 4.79 Å². The monoisotopic (exact) mass is 274 g/mol. The molecule has 0 radical (unpaired) electrons. The van der Waals surface area contributed by atoms with Crippen molar-refractivity contribution in [2.45, 2.75) is 38.9 Å². The summed E-state index contributed by atoms with van der Waals surface area (Å²) < 4.78 is 26.0. The molecule has 2 fully saturated rings. The zero-order valence-corrected chi connectivity index (χ0v) is 11.5. The number of ketones is 1. The van der Waals surface area contributed by atoms with Gasteiger partial charge in [0.1, 0.15) is 5.78 Å². The molecule has 0 aromatic rings. The molecule has 102 valence electrons. The molecular weight excluding hydrogens is 256 g/mol. The maximum Gasteiger partial charge on any atom is 0.325 e. The lowest BCUT2D eigenvalue weighted by atomic mass is 9.70.